The summed E-state index contributed by atoms with van der Waals surface area (Å²) in [6, 6.07) is 17.1. The smallest absolute Gasteiger partial charge is 0.304 e. The number of benzene rings is 2. The van der Waals surface area contributed by atoms with Gasteiger partial charge in [-0.15, -0.1) is 0 Å². The minimum Gasteiger partial charge on any atom is -0.489 e. The highest BCUT2D eigenvalue weighted by atomic mass is 16.6. The van der Waals surface area contributed by atoms with Gasteiger partial charge in [-0.2, -0.15) is 0 Å². The van der Waals surface area contributed by atoms with Crippen molar-refractivity contribution in [2.75, 3.05) is 0 Å². The summed E-state index contributed by atoms with van der Waals surface area (Å²) in [7, 11) is 0. The second kappa shape index (κ2) is 6.73. The maximum atomic E-state index is 10.8. The van der Waals surface area contributed by atoms with Crippen molar-refractivity contribution in [2.45, 2.75) is 19.8 Å². The molecule has 4 nitrogen and oxygen atoms in total. The van der Waals surface area contributed by atoms with Crippen molar-refractivity contribution in [3.8, 4) is 5.75 Å². The minimum absolute atomic E-state index is 0.401. The molecule has 0 saturated carbocycles. The van der Waals surface area contributed by atoms with E-state index >= 15 is 0 Å². The lowest BCUT2D eigenvalue weighted by Gasteiger charge is -2.12. The monoisotopic (exact) mass is 271 g/mol. The fourth-order valence-electron chi connectivity index (χ4n) is 1.74. The maximum Gasteiger partial charge on any atom is 0.304 e. The van der Waals surface area contributed by atoms with Gasteiger partial charge in [0.15, 0.2) is 6.23 Å². The zero-order chi connectivity index (χ0) is 14.4. The molecule has 20 heavy (non-hydrogen) atoms. The Bertz CT molecular complexity index is 552. The van der Waals surface area contributed by atoms with Crippen LogP contribution in [0.1, 0.15) is 24.3 Å². The van der Waals surface area contributed by atoms with E-state index in [1.807, 2.05) is 42.5 Å². The van der Waals surface area contributed by atoms with Gasteiger partial charge in [-0.3, -0.25) is 10.5 Å². The van der Waals surface area contributed by atoms with Gasteiger partial charge in [0.2, 0.25) is 0 Å². The topological polar surface area (TPSA) is 61.5 Å². The Hall–Kier alpha value is -2.33. The van der Waals surface area contributed by atoms with E-state index in [2.05, 4.69) is 0 Å². The predicted octanol–water partition coefficient (Wildman–Crippen LogP) is 2.79. The Morgan fingerprint density at radius 2 is 1.75 bits per heavy atom. The van der Waals surface area contributed by atoms with Gasteiger partial charge < -0.3 is 9.47 Å². The van der Waals surface area contributed by atoms with Crippen LogP contribution in [0.2, 0.25) is 0 Å². The van der Waals surface area contributed by atoms with Gasteiger partial charge >= 0.3 is 5.97 Å². The minimum atomic E-state index is -0.740. The van der Waals surface area contributed by atoms with Crippen molar-refractivity contribution in [1.29, 1.82) is 0 Å². The summed E-state index contributed by atoms with van der Waals surface area (Å²) in [6.45, 7) is 1.84. The maximum absolute atomic E-state index is 10.8. The van der Waals surface area contributed by atoms with E-state index in [4.69, 9.17) is 15.2 Å². The molecular formula is C16H17NO3. The second-order valence-corrected chi connectivity index (χ2v) is 4.37. The van der Waals surface area contributed by atoms with Gasteiger partial charge in [-0.25, -0.2) is 0 Å². The molecule has 0 bridgehead atoms. The van der Waals surface area contributed by atoms with Crippen molar-refractivity contribution >= 4 is 5.97 Å². The number of rotatable bonds is 5. The first-order valence-electron chi connectivity index (χ1n) is 6.34. The molecular weight excluding hydrogens is 254 g/mol. The summed E-state index contributed by atoms with van der Waals surface area (Å²) in [4.78, 5) is 10.8. The Morgan fingerprint density at radius 1 is 1.10 bits per heavy atom. The van der Waals surface area contributed by atoms with Gasteiger partial charge in [-0.1, -0.05) is 42.5 Å². The standard InChI is InChI=1S/C16H17NO3/c1-12(18)20-16(17)14-7-9-15(10-8-14)19-11-13-5-3-2-4-6-13/h2-10,16H,11,17H2,1H3. The summed E-state index contributed by atoms with van der Waals surface area (Å²) >= 11 is 0. The van der Waals surface area contributed by atoms with Crippen LogP contribution in [0.5, 0.6) is 5.75 Å². The molecule has 104 valence electrons. The van der Waals surface area contributed by atoms with Crippen LogP contribution in [0, 0.1) is 0 Å². The molecule has 2 aromatic carbocycles. The number of hydrogen-bond donors (Lipinski definition) is 1. The summed E-state index contributed by atoms with van der Waals surface area (Å²) < 4.78 is 10.6. The summed E-state index contributed by atoms with van der Waals surface area (Å²) in [5.74, 6) is 0.342. The molecule has 0 aliphatic heterocycles. The normalized spacial score (nSPS) is 11.7. The molecule has 0 spiro atoms. The number of ether oxygens (including phenoxy) is 2. The highest BCUT2D eigenvalue weighted by Crippen LogP contribution is 2.18. The fraction of sp³-hybridized carbons (Fsp3) is 0.188. The van der Waals surface area contributed by atoms with Crippen LogP contribution in [-0.4, -0.2) is 5.97 Å². The largest absolute Gasteiger partial charge is 0.489 e. The lowest BCUT2D eigenvalue weighted by molar-refractivity contribution is -0.146. The average molecular weight is 271 g/mol. The van der Waals surface area contributed by atoms with E-state index in [1.165, 1.54) is 6.92 Å². The molecule has 2 aromatic rings. The van der Waals surface area contributed by atoms with Crippen molar-refractivity contribution in [1.82, 2.24) is 0 Å². The van der Waals surface area contributed by atoms with Crippen LogP contribution in [0.4, 0.5) is 0 Å². The Morgan fingerprint density at radius 3 is 2.35 bits per heavy atom. The van der Waals surface area contributed by atoms with E-state index in [0.717, 1.165) is 16.9 Å². The van der Waals surface area contributed by atoms with E-state index in [0.29, 0.717) is 6.61 Å². The predicted molar refractivity (Wildman–Crippen MR) is 75.9 cm³/mol. The number of hydrogen-bond acceptors (Lipinski definition) is 4. The van der Waals surface area contributed by atoms with Gasteiger partial charge in [0.05, 0.1) is 0 Å². The number of carbonyl (C=O) groups excluding carboxylic acids is 1. The molecule has 0 aromatic heterocycles. The van der Waals surface area contributed by atoms with Crippen LogP contribution in [0.15, 0.2) is 54.6 Å². The summed E-state index contributed by atoms with van der Waals surface area (Å²) in [5.41, 5.74) is 7.56. The zero-order valence-corrected chi connectivity index (χ0v) is 11.3. The highest BCUT2D eigenvalue weighted by molar-refractivity contribution is 5.66. The van der Waals surface area contributed by atoms with Crippen LogP contribution in [0.25, 0.3) is 0 Å². The second-order valence-electron chi connectivity index (χ2n) is 4.37. The number of esters is 1. The lowest BCUT2D eigenvalue weighted by Crippen LogP contribution is -2.16. The number of nitrogens with two attached hydrogens (primary N) is 1. The van der Waals surface area contributed by atoms with E-state index in [1.54, 1.807) is 12.1 Å². The molecule has 2 N–H and O–H groups in total. The molecule has 4 heteroatoms. The molecule has 0 fully saturated rings. The van der Waals surface area contributed by atoms with Crippen LogP contribution in [-0.2, 0) is 16.1 Å². The van der Waals surface area contributed by atoms with E-state index in [-0.39, 0.29) is 0 Å². The third-order valence-electron chi connectivity index (χ3n) is 2.75. The molecule has 0 aliphatic rings. The Labute approximate surface area is 118 Å². The van der Waals surface area contributed by atoms with Gasteiger partial charge in [-0.05, 0) is 17.7 Å². The molecule has 0 radical (unpaired) electrons. The van der Waals surface area contributed by atoms with Crippen molar-refractivity contribution in [2.24, 2.45) is 5.73 Å². The SMILES string of the molecule is CC(=O)OC(N)c1ccc(OCc2ccccc2)cc1. The average Bonchev–Trinajstić information content (AvgIpc) is 2.46. The lowest BCUT2D eigenvalue weighted by atomic mass is 10.2. The first kappa shape index (κ1) is 14.1. The Balaban J connectivity index is 1.93. The quantitative estimate of drug-likeness (QED) is 0.671. The summed E-state index contributed by atoms with van der Waals surface area (Å²) in [6.07, 6.45) is -0.740. The van der Waals surface area contributed by atoms with Crippen molar-refractivity contribution in [3.05, 3.63) is 65.7 Å². The molecule has 1 atom stereocenters. The Kier molecular flexibility index (Phi) is 4.74. The third kappa shape index (κ3) is 4.10. The van der Waals surface area contributed by atoms with E-state index < -0.39 is 12.2 Å². The van der Waals surface area contributed by atoms with Gasteiger partial charge in [0, 0.05) is 12.5 Å². The van der Waals surface area contributed by atoms with Gasteiger partial charge in [0.25, 0.3) is 0 Å². The van der Waals surface area contributed by atoms with E-state index in [9.17, 15) is 4.79 Å². The van der Waals surface area contributed by atoms with Crippen molar-refractivity contribution in [3.63, 3.8) is 0 Å². The van der Waals surface area contributed by atoms with Crippen LogP contribution < -0.4 is 10.5 Å². The molecule has 0 amide bonds. The highest BCUT2D eigenvalue weighted by Gasteiger charge is 2.08. The summed E-state index contributed by atoms with van der Waals surface area (Å²) in [5, 5.41) is 0. The first-order valence-corrected chi connectivity index (χ1v) is 6.34. The molecule has 0 saturated heterocycles. The van der Waals surface area contributed by atoms with Gasteiger partial charge in [0.1, 0.15) is 12.4 Å². The van der Waals surface area contributed by atoms with Crippen LogP contribution >= 0.6 is 0 Å². The molecule has 0 heterocycles. The first-order chi connectivity index (χ1) is 9.65. The third-order valence-corrected chi connectivity index (χ3v) is 2.75. The fourth-order valence-corrected chi connectivity index (χ4v) is 1.74. The zero-order valence-electron chi connectivity index (χ0n) is 11.3. The van der Waals surface area contributed by atoms with Crippen LogP contribution in [0.3, 0.4) is 0 Å². The number of carbonyl (C=O) groups is 1. The molecule has 1 unspecified atom stereocenters. The molecule has 2 rings (SSSR count). The molecule has 0 aliphatic carbocycles. The van der Waals surface area contributed by atoms with Crippen molar-refractivity contribution < 1.29 is 14.3 Å².